The smallest absolute Gasteiger partial charge is 0.248 e. The summed E-state index contributed by atoms with van der Waals surface area (Å²) < 4.78 is 32.6. The first-order valence-electron chi connectivity index (χ1n) is 11.0. The quantitative estimate of drug-likeness (QED) is 0.534. The van der Waals surface area contributed by atoms with Crippen LogP contribution in [0.1, 0.15) is 29.9 Å². The zero-order valence-corrected chi connectivity index (χ0v) is 19.6. The van der Waals surface area contributed by atoms with Gasteiger partial charge in [-0.1, -0.05) is 53.7 Å². The standard InChI is InChI=1S/C24H28N4O4S/c1-18-23(19(2)32-26-18)33(30,31)27-15-13-21(14-16-27)24(29)25-28(22-11-7-4-8-12-22)17-20-9-5-3-6-10-20/h3-12,21H,13-17H2,1-2H3,(H,25,29). The topological polar surface area (TPSA) is 95.8 Å². The maximum absolute atomic E-state index is 13.1. The molecule has 0 saturated carbocycles. The minimum absolute atomic E-state index is 0.107. The fourth-order valence-electron chi connectivity index (χ4n) is 4.12. The van der Waals surface area contributed by atoms with Crippen LogP contribution in [0.4, 0.5) is 5.69 Å². The molecular weight excluding hydrogens is 440 g/mol. The summed E-state index contributed by atoms with van der Waals surface area (Å²) in [5, 5.41) is 5.60. The first kappa shape index (κ1) is 23.0. The number of rotatable bonds is 7. The lowest BCUT2D eigenvalue weighted by Gasteiger charge is -2.32. The number of nitrogens with zero attached hydrogens (tertiary/aromatic N) is 3. The number of hydrogen-bond donors (Lipinski definition) is 1. The number of sulfonamides is 1. The second-order valence-electron chi connectivity index (χ2n) is 8.22. The molecule has 3 aromatic rings. The molecule has 0 spiro atoms. The summed E-state index contributed by atoms with van der Waals surface area (Å²) in [6, 6.07) is 19.6. The van der Waals surface area contributed by atoms with Gasteiger partial charge in [-0.2, -0.15) is 4.31 Å². The molecule has 1 amide bonds. The summed E-state index contributed by atoms with van der Waals surface area (Å²) in [7, 11) is -3.70. The lowest BCUT2D eigenvalue weighted by molar-refractivity contribution is -0.126. The van der Waals surface area contributed by atoms with Gasteiger partial charge >= 0.3 is 0 Å². The Morgan fingerprint density at radius 1 is 1.06 bits per heavy atom. The molecule has 2 heterocycles. The summed E-state index contributed by atoms with van der Waals surface area (Å²) in [5.41, 5.74) is 5.36. The Labute approximate surface area is 194 Å². The van der Waals surface area contributed by atoms with Crippen molar-refractivity contribution in [3.8, 4) is 0 Å². The molecule has 9 heteroatoms. The van der Waals surface area contributed by atoms with Crippen LogP contribution in [0, 0.1) is 19.8 Å². The summed E-state index contributed by atoms with van der Waals surface area (Å²) in [4.78, 5) is 13.2. The van der Waals surface area contributed by atoms with Crippen LogP contribution < -0.4 is 10.4 Å². The molecule has 0 aliphatic carbocycles. The van der Waals surface area contributed by atoms with Crippen LogP contribution in [-0.2, 0) is 21.4 Å². The maximum Gasteiger partial charge on any atom is 0.248 e. The number of para-hydroxylation sites is 1. The van der Waals surface area contributed by atoms with Crippen LogP contribution in [0.2, 0.25) is 0 Å². The van der Waals surface area contributed by atoms with E-state index in [1.165, 1.54) is 4.31 Å². The molecule has 0 radical (unpaired) electrons. The van der Waals surface area contributed by atoms with Crippen molar-refractivity contribution in [1.29, 1.82) is 0 Å². The number of carbonyl (C=O) groups excluding carboxylic acids is 1. The van der Waals surface area contributed by atoms with E-state index in [9.17, 15) is 13.2 Å². The normalized spacial score (nSPS) is 15.3. The van der Waals surface area contributed by atoms with Crippen molar-refractivity contribution in [3.63, 3.8) is 0 Å². The SMILES string of the molecule is Cc1noc(C)c1S(=O)(=O)N1CCC(C(=O)NN(Cc2ccccc2)c2ccccc2)CC1. The monoisotopic (exact) mass is 468 g/mol. The Hall–Kier alpha value is -3.17. The Bertz CT molecular complexity index is 1170. The highest BCUT2D eigenvalue weighted by molar-refractivity contribution is 7.89. The van der Waals surface area contributed by atoms with Crippen LogP contribution >= 0.6 is 0 Å². The number of hydrogen-bond acceptors (Lipinski definition) is 6. The molecule has 1 aromatic heterocycles. The van der Waals surface area contributed by atoms with Crippen molar-refractivity contribution in [1.82, 2.24) is 14.9 Å². The molecule has 1 fully saturated rings. The third-order valence-electron chi connectivity index (χ3n) is 5.89. The molecule has 1 saturated heterocycles. The van der Waals surface area contributed by atoms with Crippen LogP contribution in [0.15, 0.2) is 70.1 Å². The lowest BCUT2D eigenvalue weighted by atomic mass is 9.97. The Kier molecular flexibility index (Phi) is 6.80. The van der Waals surface area contributed by atoms with Gasteiger partial charge in [0.25, 0.3) is 0 Å². The third-order valence-corrected chi connectivity index (χ3v) is 8.03. The zero-order chi connectivity index (χ0) is 23.4. The predicted molar refractivity (Wildman–Crippen MR) is 125 cm³/mol. The predicted octanol–water partition coefficient (Wildman–Crippen LogP) is 3.43. The highest BCUT2D eigenvalue weighted by atomic mass is 32.2. The molecule has 2 aromatic carbocycles. The van der Waals surface area contributed by atoms with Crippen molar-refractivity contribution in [2.24, 2.45) is 5.92 Å². The first-order chi connectivity index (χ1) is 15.9. The number of carbonyl (C=O) groups is 1. The van der Waals surface area contributed by atoms with Gasteiger partial charge in [0.15, 0.2) is 5.76 Å². The van der Waals surface area contributed by atoms with E-state index in [0.717, 1.165) is 11.3 Å². The lowest BCUT2D eigenvalue weighted by Crippen LogP contribution is -2.48. The number of hydrazine groups is 1. The molecule has 33 heavy (non-hydrogen) atoms. The van der Waals surface area contributed by atoms with Gasteiger partial charge in [0, 0.05) is 19.0 Å². The van der Waals surface area contributed by atoms with Gasteiger partial charge in [0.05, 0.1) is 12.2 Å². The molecule has 1 aliphatic rings. The molecule has 174 valence electrons. The van der Waals surface area contributed by atoms with E-state index in [0.29, 0.717) is 25.1 Å². The van der Waals surface area contributed by atoms with E-state index in [4.69, 9.17) is 4.52 Å². The number of anilines is 1. The fraction of sp³-hybridized carbons (Fsp3) is 0.333. The van der Waals surface area contributed by atoms with Gasteiger partial charge in [-0.3, -0.25) is 15.2 Å². The second kappa shape index (κ2) is 9.76. The average Bonchev–Trinajstić information content (AvgIpc) is 3.18. The van der Waals surface area contributed by atoms with Crippen LogP contribution in [0.3, 0.4) is 0 Å². The summed E-state index contributed by atoms with van der Waals surface area (Å²) >= 11 is 0. The van der Waals surface area contributed by atoms with Crippen molar-refractivity contribution in [2.75, 3.05) is 18.1 Å². The van der Waals surface area contributed by atoms with Crippen LogP contribution in [-0.4, -0.2) is 36.9 Å². The van der Waals surface area contributed by atoms with E-state index in [1.54, 1.807) is 13.8 Å². The average molecular weight is 469 g/mol. The highest BCUT2D eigenvalue weighted by Crippen LogP contribution is 2.28. The van der Waals surface area contributed by atoms with Crippen LogP contribution in [0.25, 0.3) is 0 Å². The minimum atomic E-state index is -3.70. The van der Waals surface area contributed by atoms with Crippen LogP contribution in [0.5, 0.6) is 0 Å². The molecular formula is C24H28N4O4S. The number of piperidine rings is 1. The Morgan fingerprint density at radius 2 is 1.67 bits per heavy atom. The first-order valence-corrected chi connectivity index (χ1v) is 12.4. The second-order valence-corrected chi connectivity index (χ2v) is 10.1. The number of benzene rings is 2. The van der Waals surface area contributed by atoms with Crippen molar-refractivity contribution >= 4 is 21.6 Å². The van der Waals surface area contributed by atoms with Gasteiger partial charge in [0.1, 0.15) is 10.6 Å². The van der Waals surface area contributed by atoms with E-state index < -0.39 is 10.0 Å². The van der Waals surface area contributed by atoms with E-state index in [2.05, 4.69) is 10.6 Å². The molecule has 4 rings (SSSR count). The number of amides is 1. The van der Waals surface area contributed by atoms with E-state index in [1.807, 2.05) is 65.7 Å². The highest BCUT2D eigenvalue weighted by Gasteiger charge is 2.35. The summed E-state index contributed by atoms with van der Waals surface area (Å²) in [5.74, 6) is -0.0981. The summed E-state index contributed by atoms with van der Waals surface area (Å²) in [6.45, 7) is 4.28. The molecule has 1 N–H and O–H groups in total. The number of nitrogens with one attached hydrogen (secondary N) is 1. The van der Waals surface area contributed by atoms with Crippen molar-refractivity contribution < 1.29 is 17.7 Å². The van der Waals surface area contributed by atoms with Gasteiger partial charge in [0.2, 0.25) is 15.9 Å². The molecule has 0 unspecified atom stereocenters. The molecule has 0 bridgehead atoms. The fourth-order valence-corrected chi connectivity index (χ4v) is 5.88. The van der Waals surface area contributed by atoms with Gasteiger partial charge in [-0.05, 0) is 44.4 Å². The van der Waals surface area contributed by atoms with Crippen molar-refractivity contribution in [2.45, 2.75) is 38.1 Å². The van der Waals surface area contributed by atoms with Gasteiger partial charge in [-0.25, -0.2) is 8.42 Å². The van der Waals surface area contributed by atoms with E-state index >= 15 is 0 Å². The minimum Gasteiger partial charge on any atom is -0.360 e. The number of aromatic nitrogens is 1. The largest absolute Gasteiger partial charge is 0.360 e. The Balaban J connectivity index is 1.43. The van der Waals surface area contributed by atoms with Gasteiger partial charge in [-0.15, -0.1) is 0 Å². The zero-order valence-electron chi connectivity index (χ0n) is 18.8. The number of aryl methyl sites for hydroxylation is 2. The van der Waals surface area contributed by atoms with E-state index in [-0.39, 0.29) is 35.6 Å². The third kappa shape index (κ3) is 5.09. The summed E-state index contributed by atoms with van der Waals surface area (Å²) in [6.07, 6.45) is 0.894. The molecule has 8 nitrogen and oxygen atoms in total. The molecule has 0 atom stereocenters. The Morgan fingerprint density at radius 3 is 2.24 bits per heavy atom. The maximum atomic E-state index is 13.1. The molecule has 1 aliphatic heterocycles. The van der Waals surface area contributed by atoms with Crippen molar-refractivity contribution in [3.05, 3.63) is 77.7 Å². The van der Waals surface area contributed by atoms with Gasteiger partial charge < -0.3 is 4.52 Å².